The molecule has 0 radical (unpaired) electrons. The molecule has 0 saturated heterocycles. The molecule has 0 unspecified atom stereocenters. The molecule has 8 heteroatoms. The molecule has 3 N–H and O–H groups in total. The van der Waals surface area contributed by atoms with Crippen LogP contribution in [0, 0.1) is 0 Å². The van der Waals surface area contributed by atoms with Crippen molar-refractivity contribution in [1.29, 1.82) is 0 Å². The summed E-state index contributed by atoms with van der Waals surface area (Å²) in [6.45, 7) is -0.0391. The monoisotopic (exact) mass is 476 g/mol. The molecule has 3 rings (SSSR count). The van der Waals surface area contributed by atoms with Crippen LogP contribution in [0.4, 0.5) is 0 Å². The fourth-order valence-corrected chi connectivity index (χ4v) is 3.77. The van der Waals surface area contributed by atoms with Crippen LogP contribution in [0.15, 0.2) is 72.8 Å². The second-order valence-corrected chi connectivity index (χ2v) is 7.96. The summed E-state index contributed by atoms with van der Waals surface area (Å²) >= 11 is 0. The Bertz CT molecular complexity index is 1160. The highest BCUT2D eigenvalue weighted by atomic mass is 16.5. The number of benzene rings is 3. The normalized spacial score (nSPS) is 11.4. The number of amides is 2. The summed E-state index contributed by atoms with van der Waals surface area (Å²) in [5, 5.41) is 9.93. The van der Waals surface area contributed by atoms with Gasteiger partial charge < -0.3 is 25.2 Å². The lowest BCUT2D eigenvalue weighted by molar-refractivity contribution is -0.143. The van der Waals surface area contributed by atoms with E-state index in [-0.39, 0.29) is 19.4 Å². The molecule has 0 aliphatic rings. The zero-order valence-corrected chi connectivity index (χ0v) is 19.6. The van der Waals surface area contributed by atoms with E-state index in [1.165, 1.54) is 19.1 Å². The number of primary amides is 1. The standard InChI is InChI=1S/C27H28N2O6/c1-34-22-14-18(15-23(16-22)35-2)17-29(24(27(32)33)12-13-25(28)30)26(31)21-10-8-20(9-11-21)19-6-4-3-5-7-19/h3-11,14-16,24H,12-13,17H2,1-2H3,(H2,28,30)(H,32,33)/t24-/m0/s1. The van der Waals surface area contributed by atoms with E-state index in [2.05, 4.69) is 0 Å². The fourth-order valence-electron chi connectivity index (χ4n) is 3.77. The van der Waals surface area contributed by atoms with Gasteiger partial charge in [-0.05, 0) is 47.4 Å². The highest BCUT2D eigenvalue weighted by Crippen LogP contribution is 2.26. The molecule has 0 aliphatic carbocycles. The number of methoxy groups -OCH3 is 2. The topological polar surface area (TPSA) is 119 Å². The molecule has 0 aromatic heterocycles. The summed E-state index contributed by atoms with van der Waals surface area (Å²) in [7, 11) is 3.01. The van der Waals surface area contributed by atoms with E-state index in [4.69, 9.17) is 15.2 Å². The van der Waals surface area contributed by atoms with Crippen molar-refractivity contribution in [2.24, 2.45) is 5.73 Å². The van der Waals surface area contributed by atoms with Crippen molar-refractivity contribution in [2.75, 3.05) is 14.2 Å². The van der Waals surface area contributed by atoms with E-state index in [0.717, 1.165) is 11.1 Å². The van der Waals surface area contributed by atoms with Gasteiger partial charge in [0.15, 0.2) is 0 Å². The Morgan fingerprint density at radius 3 is 1.97 bits per heavy atom. The average Bonchev–Trinajstić information content (AvgIpc) is 2.87. The molecule has 0 heterocycles. The van der Waals surface area contributed by atoms with Crippen LogP contribution in [-0.4, -0.2) is 48.1 Å². The van der Waals surface area contributed by atoms with Gasteiger partial charge >= 0.3 is 5.97 Å². The molecule has 0 fully saturated rings. The van der Waals surface area contributed by atoms with Crippen molar-refractivity contribution in [3.63, 3.8) is 0 Å². The summed E-state index contributed by atoms with van der Waals surface area (Å²) in [4.78, 5) is 38.4. The maximum absolute atomic E-state index is 13.6. The lowest BCUT2D eigenvalue weighted by Crippen LogP contribution is -2.45. The van der Waals surface area contributed by atoms with Crippen LogP contribution in [0.25, 0.3) is 11.1 Å². The van der Waals surface area contributed by atoms with Crippen molar-refractivity contribution in [2.45, 2.75) is 25.4 Å². The number of ether oxygens (including phenoxy) is 2. The van der Waals surface area contributed by atoms with Crippen molar-refractivity contribution >= 4 is 17.8 Å². The van der Waals surface area contributed by atoms with Crippen LogP contribution >= 0.6 is 0 Å². The van der Waals surface area contributed by atoms with Gasteiger partial charge in [-0.2, -0.15) is 0 Å². The van der Waals surface area contributed by atoms with Gasteiger partial charge in [0.2, 0.25) is 5.91 Å². The van der Waals surface area contributed by atoms with E-state index in [1.54, 1.807) is 30.3 Å². The van der Waals surface area contributed by atoms with E-state index in [0.29, 0.717) is 22.6 Å². The number of nitrogens with zero attached hydrogens (tertiary/aromatic N) is 1. The number of carbonyl (C=O) groups excluding carboxylic acids is 2. The number of carboxylic acids is 1. The first-order chi connectivity index (χ1) is 16.8. The zero-order valence-electron chi connectivity index (χ0n) is 19.6. The number of aliphatic carboxylic acids is 1. The second kappa shape index (κ2) is 11.7. The van der Waals surface area contributed by atoms with Gasteiger partial charge in [-0.15, -0.1) is 0 Å². The third kappa shape index (κ3) is 6.60. The van der Waals surface area contributed by atoms with Gasteiger partial charge in [0, 0.05) is 24.6 Å². The molecule has 3 aromatic rings. The minimum absolute atomic E-state index is 0.0391. The highest BCUT2D eigenvalue weighted by molar-refractivity contribution is 5.97. The zero-order chi connectivity index (χ0) is 25.4. The number of hydrogen-bond donors (Lipinski definition) is 2. The van der Waals surface area contributed by atoms with Crippen molar-refractivity contribution in [3.05, 3.63) is 83.9 Å². The van der Waals surface area contributed by atoms with Gasteiger partial charge in [-0.25, -0.2) is 4.79 Å². The Kier molecular flexibility index (Phi) is 8.45. The molecular weight excluding hydrogens is 448 g/mol. The molecule has 0 aliphatic heterocycles. The summed E-state index contributed by atoms with van der Waals surface area (Å²) < 4.78 is 10.6. The van der Waals surface area contributed by atoms with Crippen LogP contribution < -0.4 is 15.2 Å². The van der Waals surface area contributed by atoms with E-state index >= 15 is 0 Å². The summed E-state index contributed by atoms with van der Waals surface area (Å²) in [5.41, 5.74) is 8.12. The molecule has 2 amide bonds. The quantitative estimate of drug-likeness (QED) is 0.435. The van der Waals surface area contributed by atoms with Crippen LogP contribution in [-0.2, 0) is 16.1 Å². The number of nitrogens with two attached hydrogens (primary N) is 1. The van der Waals surface area contributed by atoms with Gasteiger partial charge in [-0.1, -0.05) is 42.5 Å². The van der Waals surface area contributed by atoms with E-state index < -0.39 is 23.8 Å². The van der Waals surface area contributed by atoms with Gasteiger partial charge in [0.05, 0.1) is 14.2 Å². The number of carboxylic acid groups (broad SMARTS) is 1. The lowest BCUT2D eigenvalue weighted by atomic mass is 10.0. The molecular formula is C27H28N2O6. The number of hydrogen-bond acceptors (Lipinski definition) is 5. The van der Waals surface area contributed by atoms with Crippen molar-refractivity contribution in [3.8, 4) is 22.6 Å². The van der Waals surface area contributed by atoms with Crippen molar-refractivity contribution < 1.29 is 29.0 Å². The largest absolute Gasteiger partial charge is 0.497 e. The average molecular weight is 477 g/mol. The SMILES string of the molecule is COc1cc(CN(C(=O)c2ccc(-c3ccccc3)cc2)[C@@H](CCC(N)=O)C(=O)O)cc(OC)c1. The maximum Gasteiger partial charge on any atom is 0.326 e. The van der Waals surface area contributed by atoms with Crippen LogP contribution in [0.1, 0.15) is 28.8 Å². The van der Waals surface area contributed by atoms with Crippen LogP contribution in [0.3, 0.4) is 0 Å². The second-order valence-electron chi connectivity index (χ2n) is 7.96. The summed E-state index contributed by atoms with van der Waals surface area (Å²) in [5.74, 6) is -1.34. The van der Waals surface area contributed by atoms with Gasteiger partial charge in [0.1, 0.15) is 17.5 Å². The Balaban J connectivity index is 1.97. The molecule has 3 aromatic carbocycles. The first-order valence-electron chi connectivity index (χ1n) is 11.0. The predicted octanol–water partition coefficient (Wildman–Crippen LogP) is 3.73. The van der Waals surface area contributed by atoms with Crippen LogP contribution in [0.5, 0.6) is 11.5 Å². The minimum Gasteiger partial charge on any atom is -0.497 e. The van der Waals surface area contributed by atoms with Crippen LogP contribution in [0.2, 0.25) is 0 Å². The summed E-state index contributed by atoms with van der Waals surface area (Å²) in [6.07, 6.45) is -0.283. The molecule has 182 valence electrons. The molecule has 35 heavy (non-hydrogen) atoms. The Labute approximate surface area is 203 Å². The minimum atomic E-state index is -1.26. The predicted molar refractivity (Wildman–Crippen MR) is 131 cm³/mol. The molecule has 0 spiro atoms. The Morgan fingerprint density at radius 1 is 0.886 bits per heavy atom. The van der Waals surface area contributed by atoms with E-state index in [9.17, 15) is 19.5 Å². The Morgan fingerprint density at radius 2 is 1.46 bits per heavy atom. The number of rotatable bonds is 11. The first-order valence-corrected chi connectivity index (χ1v) is 11.0. The van der Waals surface area contributed by atoms with E-state index in [1.807, 2.05) is 42.5 Å². The molecule has 0 bridgehead atoms. The fraction of sp³-hybridized carbons (Fsp3) is 0.222. The Hall–Kier alpha value is -4.33. The van der Waals surface area contributed by atoms with Gasteiger partial charge in [0.25, 0.3) is 5.91 Å². The van der Waals surface area contributed by atoms with Crippen molar-refractivity contribution in [1.82, 2.24) is 4.90 Å². The molecule has 0 saturated carbocycles. The lowest BCUT2D eigenvalue weighted by Gasteiger charge is -2.29. The highest BCUT2D eigenvalue weighted by Gasteiger charge is 2.31. The molecule has 1 atom stereocenters. The third-order valence-corrected chi connectivity index (χ3v) is 5.59. The number of carbonyl (C=O) groups is 3. The van der Waals surface area contributed by atoms with Gasteiger partial charge in [-0.3, -0.25) is 9.59 Å². The third-order valence-electron chi connectivity index (χ3n) is 5.59. The molecule has 8 nitrogen and oxygen atoms in total. The smallest absolute Gasteiger partial charge is 0.326 e. The summed E-state index contributed by atoms with van der Waals surface area (Å²) in [6, 6.07) is 20.5. The first kappa shape index (κ1) is 25.3. The maximum atomic E-state index is 13.6.